The van der Waals surface area contributed by atoms with E-state index in [1.54, 1.807) is 0 Å². The molecule has 7 heteroatoms. The zero-order valence-electron chi connectivity index (χ0n) is 10.6. The van der Waals surface area contributed by atoms with Gasteiger partial charge in [-0.2, -0.15) is 0 Å². The van der Waals surface area contributed by atoms with Gasteiger partial charge in [0.25, 0.3) is 0 Å². The van der Waals surface area contributed by atoms with Gasteiger partial charge in [0.05, 0.1) is 6.20 Å². The van der Waals surface area contributed by atoms with Crippen molar-refractivity contribution < 1.29 is 4.79 Å². The fourth-order valence-corrected chi connectivity index (χ4v) is 2.09. The highest BCUT2D eigenvalue weighted by Crippen LogP contribution is 2.19. The fourth-order valence-electron chi connectivity index (χ4n) is 1.18. The lowest BCUT2D eigenvalue weighted by Gasteiger charge is -2.20. The van der Waals surface area contributed by atoms with E-state index in [1.807, 2.05) is 0 Å². The second kappa shape index (κ2) is 6.58. The molecule has 100 valence electrons. The molecule has 0 aromatic carbocycles. The van der Waals surface area contributed by atoms with E-state index in [-0.39, 0.29) is 11.4 Å². The maximum atomic E-state index is 11.7. The van der Waals surface area contributed by atoms with Crippen molar-refractivity contribution in [3.63, 3.8) is 0 Å². The summed E-state index contributed by atoms with van der Waals surface area (Å²) < 4.78 is 1.12. The van der Waals surface area contributed by atoms with E-state index in [2.05, 4.69) is 73.2 Å². The maximum absolute atomic E-state index is 11.7. The number of carbonyl (C=O) groups excluding carboxylic acids is 1. The van der Waals surface area contributed by atoms with E-state index in [0.717, 1.165) is 0 Å². The van der Waals surface area contributed by atoms with Gasteiger partial charge in [-0.15, -0.1) is 0 Å². The van der Waals surface area contributed by atoms with E-state index in [9.17, 15) is 4.79 Å². The van der Waals surface area contributed by atoms with Crippen LogP contribution in [0, 0.1) is 0 Å². The van der Waals surface area contributed by atoms with Crippen molar-refractivity contribution in [2.45, 2.75) is 32.7 Å². The summed E-state index contributed by atoms with van der Waals surface area (Å²) in [6.07, 6.45) is 1.93. The normalized spacial score (nSPS) is 11.4. The van der Waals surface area contributed by atoms with E-state index < -0.39 is 0 Å². The first-order chi connectivity index (χ1) is 8.28. The van der Waals surface area contributed by atoms with Crippen LogP contribution in [0.15, 0.2) is 15.4 Å². The van der Waals surface area contributed by atoms with Crippen LogP contribution >= 0.6 is 31.9 Å². The Morgan fingerprint density at radius 1 is 1.39 bits per heavy atom. The molecule has 1 heterocycles. The van der Waals surface area contributed by atoms with E-state index in [1.165, 1.54) is 6.20 Å². The van der Waals surface area contributed by atoms with E-state index in [4.69, 9.17) is 0 Å². The van der Waals surface area contributed by atoms with Crippen molar-refractivity contribution in [3.05, 3.63) is 15.4 Å². The summed E-state index contributed by atoms with van der Waals surface area (Å²) in [7, 11) is 0. The molecule has 0 atom stereocenters. The van der Waals surface area contributed by atoms with Gasteiger partial charge in [0.15, 0.2) is 5.82 Å². The lowest BCUT2D eigenvalue weighted by molar-refractivity contribution is -0.116. The van der Waals surface area contributed by atoms with Gasteiger partial charge in [0.1, 0.15) is 9.21 Å². The molecule has 0 fully saturated rings. The van der Waals surface area contributed by atoms with Crippen molar-refractivity contribution in [2.75, 3.05) is 11.9 Å². The number of hydrogen-bond acceptors (Lipinski definition) is 4. The topological polar surface area (TPSA) is 66.9 Å². The third-order valence-electron chi connectivity index (χ3n) is 1.97. The number of carbonyl (C=O) groups is 1. The van der Waals surface area contributed by atoms with Crippen molar-refractivity contribution in [2.24, 2.45) is 0 Å². The molecule has 0 bridgehead atoms. The number of nitrogens with one attached hydrogen (secondary N) is 2. The third-order valence-corrected chi connectivity index (χ3v) is 2.90. The zero-order chi connectivity index (χ0) is 13.8. The van der Waals surface area contributed by atoms with Crippen LogP contribution in [-0.2, 0) is 4.79 Å². The van der Waals surface area contributed by atoms with Gasteiger partial charge in [0, 0.05) is 18.5 Å². The van der Waals surface area contributed by atoms with Gasteiger partial charge in [0.2, 0.25) is 5.91 Å². The molecule has 0 aliphatic heterocycles. The minimum Gasteiger partial charge on any atom is -0.312 e. The molecular formula is C11H16Br2N4O. The van der Waals surface area contributed by atoms with Gasteiger partial charge in [-0.1, -0.05) is 0 Å². The Hall–Kier alpha value is -0.530. The molecule has 0 spiro atoms. The molecule has 2 N–H and O–H groups in total. The van der Waals surface area contributed by atoms with E-state index >= 15 is 0 Å². The Balaban J connectivity index is 2.45. The smallest absolute Gasteiger partial charge is 0.226 e. The number of anilines is 1. The predicted molar refractivity (Wildman–Crippen MR) is 78.4 cm³/mol. The Labute approximate surface area is 123 Å². The number of aromatic nitrogens is 2. The second-order valence-corrected chi connectivity index (χ2v) is 6.37. The highest BCUT2D eigenvalue weighted by atomic mass is 79.9. The van der Waals surface area contributed by atoms with Crippen LogP contribution in [-0.4, -0.2) is 28.0 Å². The number of amides is 1. The van der Waals surface area contributed by atoms with Crippen LogP contribution < -0.4 is 10.6 Å². The Bertz CT molecular complexity index is 432. The van der Waals surface area contributed by atoms with Crippen LogP contribution in [0.5, 0.6) is 0 Å². The summed E-state index contributed by atoms with van der Waals surface area (Å²) >= 11 is 6.44. The number of hydrogen-bond donors (Lipinski definition) is 2. The van der Waals surface area contributed by atoms with Crippen LogP contribution in [0.4, 0.5) is 5.82 Å². The minimum atomic E-state index is -0.0935. The van der Waals surface area contributed by atoms with Crippen LogP contribution in [0.2, 0.25) is 0 Å². The van der Waals surface area contributed by atoms with E-state index in [0.29, 0.717) is 28.0 Å². The van der Waals surface area contributed by atoms with Crippen LogP contribution in [0.25, 0.3) is 0 Å². The zero-order valence-corrected chi connectivity index (χ0v) is 13.7. The molecule has 5 nitrogen and oxygen atoms in total. The highest BCUT2D eigenvalue weighted by Gasteiger charge is 2.11. The van der Waals surface area contributed by atoms with Gasteiger partial charge >= 0.3 is 0 Å². The molecule has 0 aliphatic rings. The van der Waals surface area contributed by atoms with Crippen molar-refractivity contribution in [1.82, 2.24) is 15.3 Å². The Morgan fingerprint density at radius 2 is 2.06 bits per heavy atom. The fraction of sp³-hybridized carbons (Fsp3) is 0.545. The third kappa shape index (κ3) is 5.88. The molecule has 0 aliphatic carbocycles. The summed E-state index contributed by atoms with van der Waals surface area (Å²) in [5.74, 6) is 0.336. The largest absolute Gasteiger partial charge is 0.312 e. The quantitative estimate of drug-likeness (QED) is 0.843. The number of nitrogens with zero attached hydrogens (tertiary/aromatic N) is 2. The SMILES string of the molecule is CC(C)(C)NCCC(=O)Nc1ncc(Br)nc1Br. The molecule has 0 unspecified atom stereocenters. The summed E-state index contributed by atoms with van der Waals surface area (Å²) in [6, 6.07) is 0. The second-order valence-electron chi connectivity index (χ2n) is 4.81. The molecule has 0 saturated heterocycles. The van der Waals surface area contributed by atoms with Crippen LogP contribution in [0.1, 0.15) is 27.2 Å². The molecule has 1 amide bonds. The summed E-state index contributed by atoms with van der Waals surface area (Å²) in [6.45, 7) is 6.79. The minimum absolute atomic E-state index is 0.0122. The first kappa shape index (κ1) is 15.5. The lowest BCUT2D eigenvalue weighted by atomic mass is 10.1. The summed E-state index contributed by atoms with van der Waals surface area (Å²) in [4.78, 5) is 19.8. The monoisotopic (exact) mass is 378 g/mol. The number of halogens is 2. The molecule has 0 radical (unpaired) electrons. The van der Waals surface area contributed by atoms with Crippen LogP contribution in [0.3, 0.4) is 0 Å². The summed E-state index contributed by atoms with van der Waals surface area (Å²) in [5, 5.41) is 5.95. The highest BCUT2D eigenvalue weighted by molar-refractivity contribution is 9.11. The standard InChI is InChI=1S/C11H16Br2N4O/c1-11(2,3)15-5-4-8(18)17-10-9(13)16-7(12)6-14-10/h6,15H,4-5H2,1-3H3,(H,14,17,18). The van der Waals surface area contributed by atoms with Gasteiger partial charge in [-0.05, 0) is 52.6 Å². The Kier molecular flexibility index (Phi) is 5.68. The van der Waals surface area contributed by atoms with Gasteiger partial charge in [-0.3, -0.25) is 4.79 Å². The van der Waals surface area contributed by atoms with Crippen molar-refractivity contribution >= 4 is 43.6 Å². The maximum Gasteiger partial charge on any atom is 0.226 e. The molecule has 1 aromatic heterocycles. The Morgan fingerprint density at radius 3 is 2.61 bits per heavy atom. The van der Waals surface area contributed by atoms with Gasteiger partial charge in [-0.25, -0.2) is 9.97 Å². The first-order valence-electron chi connectivity index (χ1n) is 5.51. The first-order valence-corrected chi connectivity index (χ1v) is 7.09. The van der Waals surface area contributed by atoms with Gasteiger partial charge < -0.3 is 10.6 Å². The van der Waals surface area contributed by atoms with Crippen molar-refractivity contribution in [3.8, 4) is 0 Å². The average Bonchev–Trinajstić information content (AvgIpc) is 2.20. The number of rotatable bonds is 4. The average molecular weight is 380 g/mol. The molecule has 0 saturated carbocycles. The predicted octanol–water partition coefficient (Wildman–Crippen LogP) is 2.72. The molecule has 1 aromatic rings. The molecule has 1 rings (SSSR count). The summed E-state index contributed by atoms with van der Waals surface area (Å²) in [5.41, 5.74) is 0.0122. The van der Waals surface area contributed by atoms with Crippen molar-refractivity contribution in [1.29, 1.82) is 0 Å². The molecule has 18 heavy (non-hydrogen) atoms. The lowest BCUT2D eigenvalue weighted by Crippen LogP contribution is -2.37. The molecular weight excluding hydrogens is 364 g/mol.